The van der Waals surface area contributed by atoms with E-state index in [1.807, 2.05) is 0 Å². The molecule has 0 atom stereocenters. The molecule has 1 rings (SSSR count). The van der Waals surface area contributed by atoms with Gasteiger partial charge < -0.3 is 5.11 Å². The Morgan fingerprint density at radius 1 is 1.21 bits per heavy atom. The van der Waals surface area contributed by atoms with Crippen molar-refractivity contribution in [2.24, 2.45) is 0 Å². The topological polar surface area (TPSA) is 66.4 Å². The highest BCUT2D eigenvalue weighted by atomic mass is 32.2. The van der Waals surface area contributed by atoms with Crippen LogP contribution in [0, 0.1) is 11.6 Å². The van der Waals surface area contributed by atoms with E-state index in [0.29, 0.717) is 18.2 Å². The lowest BCUT2D eigenvalue weighted by Crippen LogP contribution is -2.26. The molecule has 8 heteroatoms. The van der Waals surface area contributed by atoms with Gasteiger partial charge in [-0.15, -0.1) is 0 Å². The first-order valence-electron chi connectivity index (χ1n) is 5.60. The number of nitrogens with one attached hydrogen (secondary N) is 1. The second kappa shape index (κ2) is 7.78. The van der Waals surface area contributed by atoms with Crippen LogP contribution in [0.3, 0.4) is 0 Å². The number of halogens is 2. The maximum atomic E-state index is 12.9. The zero-order valence-electron chi connectivity index (χ0n) is 10.1. The maximum Gasteiger partial charge on any atom is 0.240 e. The van der Waals surface area contributed by atoms with Crippen LogP contribution in [-0.4, -0.2) is 38.2 Å². The number of sulfonamides is 1. The third-order valence-corrected chi connectivity index (χ3v) is 4.72. The molecule has 19 heavy (non-hydrogen) atoms. The summed E-state index contributed by atoms with van der Waals surface area (Å²) in [6.07, 6.45) is 0.653. The first kappa shape index (κ1) is 16.4. The zero-order valence-corrected chi connectivity index (χ0v) is 11.7. The summed E-state index contributed by atoms with van der Waals surface area (Å²) < 4.78 is 51.4. The molecule has 1 aromatic rings. The molecule has 0 amide bonds. The van der Waals surface area contributed by atoms with Gasteiger partial charge >= 0.3 is 0 Å². The fourth-order valence-corrected chi connectivity index (χ4v) is 3.20. The van der Waals surface area contributed by atoms with Crippen LogP contribution in [0.25, 0.3) is 0 Å². The van der Waals surface area contributed by atoms with E-state index < -0.39 is 21.7 Å². The number of aliphatic hydroxyl groups is 1. The molecule has 0 aliphatic heterocycles. The lowest BCUT2D eigenvalue weighted by atomic mass is 10.3. The summed E-state index contributed by atoms with van der Waals surface area (Å²) in [6, 6.07) is 2.44. The second-order valence-corrected chi connectivity index (χ2v) is 6.65. The van der Waals surface area contributed by atoms with Crippen LogP contribution < -0.4 is 4.72 Å². The van der Waals surface area contributed by atoms with E-state index in [2.05, 4.69) is 4.72 Å². The van der Waals surface area contributed by atoms with Crippen molar-refractivity contribution in [2.75, 3.05) is 24.7 Å². The predicted octanol–water partition coefficient (Wildman–Crippen LogP) is 1.36. The molecule has 0 saturated heterocycles. The minimum atomic E-state index is -3.81. The molecular formula is C11H15F2NO3S2. The summed E-state index contributed by atoms with van der Waals surface area (Å²) in [5.41, 5.74) is 0. The Hall–Kier alpha value is -0.700. The molecule has 0 radical (unpaired) electrons. The summed E-state index contributed by atoms with van der Waals surface area (Å²) in [4.78, 5) is -0.299. The summed E-state index contributed by atoms with van der Waals surface area (Å²) in [5, 5.41) is 8.56. The molecule has 4 nitrogen and oxygen atoms in total. The summed E-state index contributed by atoms with van der Waals surface area (Å²) in [6.45, 7) is 0.297. The highest BCUT2D eigenvalue weighted by molar-refractivity contribution is 7.99. The molecule has 0 aromatic heterocycles. The number of hydrogen-bond donors (Lipinski definition) is 2. The molecule has 0 aliphatic carbocycles. The maximum absolute atomic E-state index is 12.9. The van der Waals surface area contributed by atoms with Crippen molar-refractivity contribution in [3.63, 3.8) is 0 Å². The first-order valence-corrected chi connectivity index (χ1v) is 8.24. The SMILES string of the molecule is O=S(=O)(NCCSCCCO)c1ccc(F)c(F)c1. The third kappa shape index (κ3) is 5.43. The Morgan fingerprint density at radius 2 is 1.95 bits per heavy atom. The van der Waals surface area contributed by atoms with Crippen molar-refractivity contribution < 1.29 is 22.3 Å². The monoisotopic (exact) mass is 311 g/mol. The largest absolute Gasteiger partial charge is 0.396 e. The fraction of sp³-hybridized carbons (Fsp3) is 0.455. The van der Waals surface area contributed by atoms with Crippen LogP contribution in [0.4, 0.5) is 8.78 Å². The quantitative estimate of drug-likeness (QED) is 0.712. The number of rotatable bonds is 8. The molecule has 0 heterocycles. The number of hydrogen-bond acceptors (Lipinski definition) is 4. The summed E-state index contributed by atoms with van der Waals surface area (Å²) >= 11 is 1.50. The van der Waals surface area contributed by atoms with E-state index >= 15 is 0 Å². The number of aliphatic hydroxyl groups excluding tert-OH is 1. The van der Waals surface area contributed by atoms with Gasteiger partial charge in [-0.2, -0.15) is 11.8 Å². The zero-order chi connectivity index (χ0) is 14.3. The van der Waals surface area contributed by atoms with Crippen LogP contribution >= 0.6 is 11.8 Å². The number of benzene rings is 1. The smallest absolute Gasteiger partial charge is 0.240 e. The minimum Gasteiger partial charge on any atom is -0.396 e. The Balaban J connectivity index is 2.49. The molecule has 0 saturated carbocycles. The standard InChI is InChI=1S/C11H15F2NO3S2/c12-10-3-2-9(8-11(10)13)19(16,17)14-4-7-18-6-1-5-15/h2-3,8,14-15H,1,4-7H2. The predicted molar refractivity (Wildman–Crippen MR) is 70.6 cm³/mol. The molecule has 0 bridgehead atoms. The molecular weight excluding hydrogens is 296 g/mol. The van der Waals surface area contributed by atoms with Crippen molar-refractivity contribution in [1.82, 2.24) is 4.72 Å². The molecule has 0 spiro atoms. The van der Waals surface area contributed by atoms with Crippen LogP contribution in [0.2, 0.25) is 0 Å². The Bertz CT molecular complexity index is 509. The van der Waals surface area contributed by atoms with Gasteiger partial charge in [0.2, 0.25) is 10.0 Å². The van der Waals surface area contributed by atoms with Crippen molar-refractivity contribution in [3.05, 3.63) is 29.8 Å². The van der Waals surface area contributed by atoms with E-state index in [-0.39, 0.29) is 18.0 Å². The van der Waals surface area contributed by atoms with Crippen LogP contribution in [-0.2, 0) is 10.0 Å². The molecule has 1 aromatic carbocycles. The molecule has 0 aliphatic rings. The Labute approximate surface area is 115 Å². The van der Waals surface area contributed by atoms with Gasteiger partial charge in [-0.3, -0.25) is 0 Å². The lowest BCUT2D eigenvalue weighted by molar-refractivity contribution is 0.296. The third-order valence-electron chi connectivity index (χ3n) is 2.19. The van der Waals surface area contributed by atoms with Gasteiger partial charge in [0.1, 0.15) is 0 Å². The van der Waals surface area contributed by atoms with Gasteiger partial charge in [0.05, 0.1) is 4.90 Å². The van der Waals surface area contributed by atoms with Crippen LogP contribution in [0.15, 0.2) is 23.1 Å². The molecule has 108 valence electrons. The van der Waals surface area contributed by atoms with Crippen LogP contribution in [0.5, 0.6) is 0 Å². The molecule has 2 N–H and O–H groups in total. The van der Waals surface area contributed by atoms with E-state index in [9.17, 15) is 17.2 Å². The second-order valence-electron chi connectivity index (χ2n) is 3.66. The normalized spacial score (nSPS) is 11.7. The van der Waals surface area contributed by atoms with E-state index in [1.54, 1.807) is 0 Å². The lowest BCUT2D eigenvalue weighted by Gasteiger charge is -2.06. The van der Waals surface area contributed by atoms with Crippen molar-refractivity contribution in [1.29, 1.82) is 0 Å². The Morgan fingerprint density at radius 3 is 2.58 bits per heavy atom. The van der Waals surface area contributed by atoms with Crippen molar-refractivity contribution in [2.45, 2.75) is 11.3 Å². The summed E-state index contributed by atoms with van der Waals surface area (Å²) in [5.74, 6) is -0.995. The highest BCUT2D eigenvalue weighted by Gasteiger charge is 2.15. The van der Waals surface area contributed by atoms with E-state index in [0.717, 1.165) is 17.9 Å². The molecule has 0 fully saturated rings. The van der Waals surface area contributed by atoms with E-state index in [4.69, 9.17) is 5.11 Å². The average molecular weight is 311 g/mol. The van der Waals surface area contributed by atoms with Gasteiger partial charge in [0.25, 0.3) is 0 Å². The van der Waals surface area contributed by atoms with Crippen molar-refractivity contribution in [3.8, 4) is 0 Å². The summed E-state index contributed by atoms with van der Waals surface area (Å²) in [7, 11) is -3.81. The minimum absolute atomic E-state index is 0.105. The average Bonchev–Trinajstić information content (AvgIpc) is 2.36. The Kier molecular flexibility index (Phi) is 6.70. The van der Waals surface area contributed by atoms with E-state index in [1.165, 1.54) is 11.8 Å². The van der Waals surface area contributed by atoms with Crippen LogP contribution in [0.1, 0.15) is 6.42 Å². The van der Waals surface area contributed by atoms with Gasteiger partial charge in [-0.1, -0.05) is 0 Å². The fourth-order valence-electron chi connectivity index (χ4n) is 1.24. The van der Waals surface area contributed by atoms with Gasteiger partial charge in [0, 0.05) is 18.9 Å². The molecule has 0 unspecified atom stereocenters. The number of thioether (sulfide) groups is 1. The van der Waals surface area contributed by atoms with Gasteiger partial charge in [-0.05, 0) is 30.4 Å². The van der Waals surface area contributed by atoms with Gasteiger partial charge in [0.15, 0.2) is 11.6 Å². The van der Waals surface area contributed by atoms with Gasteiger partial charge in [-0.25, -0.2) is 21.9 Å². The highest BCUT2D eigenvalue weighted by Crippen LogP contribution is 2.13. The first-order chi connectivity index (χ1) is 8.97. The van der Waals surface area contributed by atoms with Crippen molar-refractivity contribution >= 4 is 21.8 Å².